The summed E-state index contributed by atoms with van der Waals surface area (Å²) in [4.78, 5) is 4.37. The SMILES string of the molecule is COc1cc(Cc2nc(-c3ccc(C)nn3)no2)cc(OC)c1OC. The van der Waals surface area contributed by atoms with Crippen molar-refractivity contribution in [1.29, 1.82) is 0 Å². The van der Waals surface area contributed by atoms with Crippen molar-refractivity contribution in [3.05, 3.63) is 41.4 Å². The maximum Gasteiger partial charge on any atom is 0.231 e. The molecule has 0 radical (unpaired) electrons. The summed E-state index contributed by atoms with van der Waals surface area (Å²) < 4.78 is 21.3. The van der Waals surface area contributed by atoms with E-state index in [0.717, 1.165) is 11.3 Å². The van der Waals surface area contributed by atoms with Gasteiger partial charge in [-0.3, -0.25) is 0 Å². The zero-order chi connectivity index (χ0) is 17.8. The van der Waals surface area contributed by atoms with Crippen molar-refractivity contribution in [1.82, 2.24) is 20.3 Å². The van der Waals surface area contributed by atoms with Gasteiger partial charge in [0.15, 0.2) is 11.5 Å². The minimum absolute atomic E-state index is 0.398. The van der Waals surface area contributed by atoms with Crippen LogP contribution in [0, 0.1) is 6.92 Å². The first kappa shape index (κ1) is 16.7. The molecule has 0 aliphatic heterocycles. The highest BCUT2D eigenvalue weighted by atomic mass is 16.5. The topological polar surface area (TPSA) is 92.4 Å². The molecule has 130 valence electrons. The van der Waals surface area contributed by atoms with Gasteiger partial charge in [-0.2, -0.15) is 10.1 Å². The molecule has 0 saturated carbocycles. The van der Waals surface area contributed by atoms with Crippen LogP contribution in [-0.4, -0.2) is 41.7 Å². The molecule has 0 aliphatic rings. The number of aryl methyl sites for hydroxylation is 1. The molecule has 8 nitrogen and oxygen atoms in total. The lowest BCUT2D eigenvalue weighted by Gasteiger charge is -2.13. The summed E-state index contributed by atoms with van der Waals surface area (Å²) in [6.07, 6.45) is 0.420. The second-order valence-electron chi connectivity index (χ2n) is 5.28. The predicted molar refractivity (Wildman–Crippen MR) is 89.0 cm³/mol. The van der Waals surface area contributed by atoms with E-state index in [1.54, 1.807) is 27.4 Å². The van der Waals surface area contributed by atoms with E-state index in [1.807, 2.05) is 25.1 Å². The third-order valence-corrected chi connectivity index (χ3v) is 3.57. The van der Waals surface area contributed by atoms with Crippen LogP contribution in [0.2, 0.25) is 0 Å². The van der Waals surface area contributed by atoms with Gasteiger partial charge < -0.3 is 18.7 Å². The Morgan fingerprint density at radius 1 is 0.960 bits per heavy atom. The number of hydrogen-bond donors (Lipinski definition) is 0. The molecule has 2 aromatic heterocycles. The number of hydrogen-bond acceptors (Lipinski definition) is 8. The van der Waals surface area contributed by atoms with Gasteiger partial charge in [0, 0.05) is 0 Å². The molecule has 3 aromatic rings. The summed E-state index contributed by atoms with van der Waals surface area (Å²) in [6, 6.07) is 7.34. The van der Waals surface area contributed by atoms with Crippen LogP contribution < -0.4 is 14.2 Å². The molecule has 0 fully saturated rings. The molecule has 0 bridgehead atoms. The fourth-order valence-corrected chi connectivity index (χ4v) is 2.36. The van der Waals surface area contributed by atoms with E-state index < -0.39 is 0 Å². The Morgan fingerprint density at radius 2 is 1.68 bits per heavy atom. The van der Waals surface area contributed by atoms with E-state index in [-0.39, 0.29) is 0 Å². The first-order valence-corrected chi connectivity index (χ1v) is 7.56. The zero-order valence-corrected chi connectivity index (χ0v) is 14.4. The maximum atomic E-state index is 5.35. The Labute approximate surface area is 144 Å². The first-order chi connectivity index (χ1) is 12.1. The van der Waals surface area contributed by atoms with Gasteiger partial charge in [-0.05, 0) is 36.8 Å². The van der Waals surface area contributed by atoms with Crippen LogP contribution in [0.4, 0.5) is 0 Å². The summed E-state index contributed by atoms with van der Waals surface area (Å²) in [7, 11) is 4.71. The smallest absolute Gasteiger partial charge is 0.231 e. The van der Waals surface area contributed by atoms with Crippen LogP contribution in [0.15, 0.2) is 28.8 Å². The molecule has 8 heteroatoms. The van der Waals surface area contributed by atoms with E-state index >= 15 is 0 Å². The van der Waals surface area contributed by atoms with Crippen molar-refractivity contribution < 1.29 is 18.7 Å². The third kappa shape index (κ3) is 3.52. The second-order valence-corrected chi connectivity index (χ2v) is 5.28. The van der Waals surface area contributed by atoms with E-state index in [1.165, 1.54) is 0 Å². The van der Waals surface area contributed by atoms with Crippen LogP contribution in [0.25, 0.3) is 11.5 Å². The van der Waals surface area contributed by atoms with Crippen molar-refractivity contribution in [2.75, 3.05) is 21.3 Å². The van der Waals surface area contributed by atoms with Crippen molar-refractivity contribution >= 4 is 0 Å². The molecule has 2 heterocycles. The fraction of sp³-hybridized carbons (Fsp3) is 0.294. The molecule has 3 rings (SSSR count). The van der Waals surface area contributed by atoms with Gasteiger partial charge in [-0.1, -0.05) is 5.16 Å². The lowest BCUT2D eigenvalue weighted by molar-refractivity contribution is 0.323. The second kappa shape index (κ2) is 7.16. The largest absolute Gasteiger partial charge is 0.493 e. The Bertz CT molecular complexity index is 836. The lowest BCUT2D eigenvalue weighted by atomic mass is 10.1. The summed E-state index contributed by atoms with van der Waals surface area (Å²) in [5, 5.41) is 12.0. The van der Waals surface area contributed by atoms with Gasteiger partial charge in [-0.25, -0.2) is 0 Å². The molecular formula is C17H18N4O4. The normalized spacial score (nSPS) is 10.6. The van der Waals surface area contributed by atoms with Gasteiger partial charge in [0.05, 0.1) is 33.4 Å². The summed E-state index contributed by atoms with van der Waals surface area (Å²) in [6.45, 7) is 1.86. The molecule has 0 N–H and O–H groups in total. The monoisotopic (exact) mass is 342 g/mol. The minimum Gasteiger partial charge on any atom is -0.493 e. The summed E-state index contributed by atoms with van der Waals surface area (Å²) in [5.74, 6) is 2.53. The highest BCUT2D eigenvalue weighted by Crippen LogP contribution is 2.38. The van der Waals surface area contributed by atoms with Crippen molar-refractivity contribution in [2.45, 2.75) is 13.3 Å². The molecule has 1 aromatic carbocycles. The molecular weight excluding hydrogens is 324 g/mol. The Kier molecular flexibility index (Phi) is 4.78. The number of benzene rings is 1. The van der Waals surface area contributed by atoms with Crippen molar-refractivity contribution in [3.8, 4) is 28.8 Å². The average molecular weight is 342 g/mol. The maximum absolute atomic E-state index is 5.35. The average Bonchev–Trinajstić information content (AvgIpc) is 3.09. The van der Waals surface area contributed by atoms with E-state index in [4.69, 9.17) is 18.7 Å². The van der Waals surface area contributed by atoms with E-state index in [9.17, 15) is 0 Å². The number of rotatable bonds is 6. The quantitative estimate of drug-likeness (QED) is 0.674. The number of aromatic nitrogens is 4. The standard InChI is InChI=1S/C17H18N4O4/c1-10-5-6-12(20-19-10)17-18-15(25-21-17)9-11-7-13(22-2)16(24-4)14(8-11)23-3/h5-8H,9H2,1-4H3. The van der Waals surface area contributed by atoms with Gasteiger partial charge in [0.2, 0.25) is 17.5 Å². The Morgan fingerprint density at radius 3 is 2.24 bits per heavy atom. The number of nitrogens with zero attached hydrogens (tertiary/aromatic N) is 4. The summed E-state index contributed by atoms with van der Waals surface area (Å²) in [5.41, 5.74) is 2.27. The number of methoxy groups -OCH3 is 3. The van der Waals surface area contributed by atoms with Crippen LogP contribution in [0.3, 0.4) is 0 Å². The zero-order valence-electron chi connectivity index (χ0n) is 14.4. The predicted octanol–water partition coefficient (Wildman–Crippen LogP) is 2.45. The van der Waals surface area contributed by atoms with Gasteiger partial charge >= 0.3 is 0 Å². The van der Waals surface area contributed by atoms with Gasteiger partial charge in [0.25, 0.3) is 0 Å². The van der Waals surface area contributed by atoms with E-state index in [2.05, 4.69) is 20.3 Å². The lowest BCUT2D eigenvalue weighted by Crippen LogP contribution is -1.98. The molecule has 0 atom stereocenters. The first-order valence-electron chi connectivity index (χ1n) is 7.56. The van der Waals surface area contributed by atoms with Crippen LogP contribution in [0.5, 0.6) is 17.2 Å². The molecule has 0 aliphatic carbocycles. The van der Waals surface area contributed by atoms with Crippen LogP contribution in [0.1, 0.15) is 17.1 Å². The molecule has 25 heavy (non-hydrogen) atoms. The van der Waals surface area contributed by atoms with Gasteiger partial charge in [0.1, 0.15) is 5.69 Å². The molecule has 0 saturated heterocycles. The number of ether oxygens (including phenoxy) is 3. The highest BCUT2D eigenvalue weighted by Gasteiger charge is 2.16. The fourth-order valence-electron chi connectivity index (χ4n) is 2.36. The molecule has 0 spiro atoms. The van der Waals surface area contributed by atoms with Crippen molar-refractivity contribution in [3.63, 3.8) is 0 Å². The van der Waals surface area contributed by atoms with Crippen LogP contribution >= 0.6 is 0 Å². The minimum atomic E-state index is 0.398. The van der Waals surface area contributed by atoms with Crippen LogP contribution in [-0.2, 0) is 6.42 Å². The third-order valence-electron chi connectivity index (χ3n) is 3.57. The summed E-state index contributed by atoms with van der Waals surface area (Å²) >= 11 is 0. The van der Waals surface area contributed by atoms with E-state index in [0.29, 0.717) is 41.1 Å². The Balaban J connectivity index is 1.86. The van der Waals surface area contributed by atoms with Gasteiger partial charge in [-0.15, -0.1) is 5.10 Å². The molecule has 0 amide bonds. The highest BCUT2D eigenvalue weighted by molar-refractivity contribution is 5.54. The van der Waals surface area contributed by atoms with Crippen molar-refractivity contribution in [2.24, 2.45) is 0 Å². The Hall–Kier alpha value is -3.16. The molecule has 0 unspecified atom stereocenters.